The van der Waals surface area contributed by atoms with E-state index < -0.39 is 0 Å². The summed E-state index contributed by atoms with van der Waals surface area (Å²) in [5.41, 5.74) is 0.203. The van der Waals surface area contributed by atoms with Crippen LogP contribution in [0.2, 0.25) is 0 Å². The summed E-state index contributed by atoms with van der Waals surface area (Å²) < 4.78 is 5.92. The highest BCUT2D eigenvalue weighted by molar-refractivity contribution is 14.0. The van der Waals surface area contributed by atoms with Crippen molar-refractivity contribution >= 4 is 29.9 Å². The Kier molecular flexibility index (Phi) is 6.81. The van der Waals surface area contributed by atoms with Gasteiger partial charge in [-0.2, -0.15) is 0 Å². The van der Waals surface area contributed by atoms with E-state index in [0.717, 1.165) is 38.7 Å². The highest BCUT2D eigenvalue weighted by Crippen LogP contribution is 2.52. The predicted molar refractivity (Wildman–Crippen MR) is 110 cm³/mol. The summed E-state index contributed by atoms with van der Waals surface area (Å²) >= 11 is 0. The maximum Gasteiger partial charge on any atom is 0.193 e. The maximum absolute atomic E-state index is 5.92. The third-order valence-electron chi connectivity index (χ3n) is 6.39. The number of nitrogens with one attached hydrogen (secondary N) is 1. The van der Waals surface area contributed by atoms with Gasteiger partial charge in [-0.05, 0) is 25.9 Å². The van der Waals surface area contributed by atoms with E-state index in [1.807, 2.05) is 7.05 Å². The number of fused-ring (bicyclic) bond motifs is 1. The second-order valence-corrected chi connectivity index (χ2v) is 7.84. The van der Waals surface area contributed by atoms with Crippen LogP contribution < -0.4 is 5.32 Å². The van der Waals surface area contributed by atoms with Crippen LogP contribution in [0.1, 0.15) is 40.5 Å². The molecule has 0 amide bonds. The largest absolute Gasteiger partial charge is 0.377 e. The van der Waals surface area contributed by atoms with E-state index in [1.165, 1.54) is 12.8 Å². The van der Waals surface area contributed by atoms with Gasteiger partial charge in [0.25, 0.3) is 0 Å². The summed E-state index contributed by atoms with van der Waals surface area (Å²) in [6.07, 6.45) is 2.86. The van der Waals surface area contributed by atoms with Crippen molar-refractivity contribution in [2.75, 3.05) is 39.8 Å². The number of ether oxygens (including phenoxy) is 1. The van der Waals surface area contributed by atoms with Gasteiger partial charge in [0.15, 0.2) is 5.96 Å². The highest BCUT2D eigenvalue weighted by atomic mass is 127. The lowest BCUT2D eigenvalue weighted by molar-refractivity contribution is -0.107. The number of guanidine groups is 1. The highest BCUT2D eigenvalue weighted by Gasteiger charge is 2.59. The second-order valence-electron chi connectivity index (χ2n) is 7.84. The van der Waals surface area contributed by atoms with Crippen LogP contribution in [0, 0.1) is 11.3 Å². The molecule has 0 aromatic heterocycles. The van der Waals surface area contributed by atoms with E-state index in [1.54, 1.807) is 0 Å². The molecule has 6 heteroatoms. The van der Waals surface area contributed by atoms with Gasteiger partial charge < -0.3 is 15.0 Å². The van der Waals surface area contributed by atoms with Crippen molar-refractivity contribution in [2.24, 2.45) is 16.3 Å². The molecule has 24 heavy (non-hydrogen) atoms. The maximum atomic E-state index is 5.92. The first kappa shape index (κ1) is 20.2. The summed E-state index contributed by atoms with van der Waals surface area (Å²) in [6.45, 7) is 14.6. The minimum absolute atomic E-state index is 0. The van der Waals surface area contributed by atoms with Crippen molar-refractivity contribution in [3.63, 3.8) is 0 Å². The molecule has 1 aliphatic carbocycles. The van der Waals surface area contributed by atoms with Gasteiger partial charge >= 0.3 is 0 Å². The molecular weight excluding hydrogens is 415 g/mol. The molecule has 1 saturated carbocycles. The number of halogens is 1. The topological polar surface area (TPSA) is 40.1 Å². The molecule has 0 bridgehead atoms. The van der Waals surface area contributed by atoms with Crippen molar-refractivity contribution in [3.8, 4) is 0 Å². The van der Waals surface area contributed by atoms with E-state index >= 15 is 0 Å². The van der Waals surface area contributed by atoms with Crippen molar-refractivity contribution in [2.45, 2.75) is 58.7 Å². The van der Waals surface area contributed by atoms with Crippen LogP contribution in [0.5, 0.6) is 0 Å². The molecule has 0 aromatic rings. The first-order chi connectivity index (χ1) is 11.0. The number of aliphatic imine (C=N–C) groups is 1. The fraction of sp³-hybridized carbons (Fsp3) is 0.944. The molecule has 0 radical (unpaired) electrons. The fourth-order valence-electron chi connectivity index (χ4n) is 5.03. The van der Waals surface area contributed by atoms with Crippen LogP contribution in [-0.2, 0) is 4.74 Å². The lowest BCUT2D eigenvalue weighted by Gasteiger charge is -2.55. The molecule has 4 atom stereocenters. The molecule has 2 saturated heterocycles. The normalized spacial score (nSPS) is 34.8. The SMILES string of the molecule is CCN(CC)C1CCN(C(=NC)NC2C3CCOC3C2(C)C)C1.I. The van der Waals surface area contributed by atoms with Crippen LogP contribution in [0.4, 0.5) is 0 Å². The van der Waals surface area contributed by atoms with Crippen LogP contribution in [0.15, 0.2) is 4.99 Å². The Balaban J connectivity index is 0.00000208. The average molecular weight is 450 g/mol. The number of rotatable bonds is 4. The summed E-state index contributed by atoms with van der Waals surface area (Å²) in [6, 6.07) is 1.15. The average Bonchev–Trinajstić information content (AvgIpc) is 3.18. The van der Waals surface area contributed by atoms with Gasteiger partial charge in [-0.25, -0.2) is 0 Å². The van der Waals surface area contributed by atoms with E-state index in [0.29, 0.717) is 24.1 Å². The predicted octanol–water partition coefficient (Wildman–Crippen LogP) is 2.41. The molecule has 3 rings (SSSR count). The Bertz CT molecular complexity index is 452. The number of likely N-dealkylation sites (tertiary alicyclic amines) is 1. The van der Waals surface area contributed by atoms with Crippen molar-refractivity contribution < 1.29 is 4.74 Å². The third-order valence-corrected chi connectivity index (χ3v) is 6.39. The molecule has 3 fully saturated rings. The number of hydrogen-bond acceptors (Lipinski definition) is 3. The summed E-state index contributed by atoms with van der Waals surface area (Å²) in [7, 11) is 1.92. The quantitative estimate of drug-likeness (QED) is 0.406. The van der Waals surface area contributed by atoms with Gasteiger partial charge in [-0.3, -0.25) is 9.89 Å². The zero-order valence-electron chi connectivity index (χ0n) is 15.9. The van der Waals surface area contributed by atoms with Gasteiger partial charge in [-0.1, -0.05) is 27.7 Å². The Morgan fingerprint density at radius 3 is 2.62 bits per heavy atom. The van der Waals surface area contributed by atoms with Crippen LogP contribution in [0.3, 0.4) is 0 Å². The Hall–Kier alpha value is -0.0800. The Labute approximate surface area is 164 Å². The first-order valence-corrected chi connectivity index (χ1v) is 9.36. The fourth-order valence-corrected chi connectivity index (χ4v) is 5.03. The van der Waals surface area contributed by atoms with Crippen molar-refractivity contribution in [1.82, 2.24) is 15.1 Å². The summed E-state index contributed by atoms with van der Waals surface area (Å²) in [5, 5.41) is 3.78. The van der Waals surface area contributed by atoms with E-state index in [4.69, 9.17) is 4.74 Å². The number of hydrogen-bond donors (Lipinski definition) is 1. The van der Waals surface area contributed by atoms with Gasteiger partial charge in [0.1, 0.15) is 0 Å². The molecule has 3 aliphatic rings. The molecule has 2 aliphatic heterocycles. The number of nitrogens with zero attached hydrogens (tertiary/aromatic N) is 3. The lowest BCUT2D eigenvalue weighted by Crippen LogP contribution is -2.68. The summed E-state index contributed by atoms with van der Waals surface area (Å²) in [5.74, 6) is 1.74. The van der Waals surface area contributed by atoms with Gasteiger partial charge in [0, 0.05) is 50.2 Å². The molecule has 140 valence electrons. The first-order valence-electron chi connectivity index (χ1n) is 9.36. The minimum Gasteiger partial charge on any atom is -0.377 e. The van der Waals surface area contributed by atoms with Crippen molar-refractivity contribution in [1.29, 1.82) is 0 Å². The standard InChI is InChI=1S/C18H34N4O.HI/c1-6-21(7-2)13-8-10-22(12-13)17(19-5)20-15-14-9-11-23-16(14)18(15,3)4;/h13-16H,6-12H2,1-5H3,(H,19,20);1H. The van der Waals surface area contributed by atoms with E-state index in [-0.39, 0.29) is 29.4 Å². The molecular formula is C18H35IN4O. The molecule has 2 heterocycles. The Morgan fingerprint density at radius 2 is 2.00 bits per heavy atom. The van der Waals surface area contributed by atoms with Crippen molar-refractivity contribution in [3.05, 3.63) is 0 Å². The third kappa shape index (κ3) is 3.43. The smallest absolute Gasteiger partial charge is 0.193 e. The molecule has 1 N–H and O–H groups in total. The summed E-state index contributed by atoms with van der Waals surface area (Å²) in [4.78, 5) is 9.61. The van der Waals surface area contributed by atoms with E-state index in [2.05, 4.69) is 47.8 Å². The lowest BCUT2D eigenvalue weighted by atomic mass is 9.57. The number of likely N-dealkylation sites (N-methyl/N-ethyl adjacent to an activating group) is 1. The monoisotopic (exact) mass is 450 g/mol. The molecule has 4 unspecified atom stereocenters. The Morgan fingerprint density at radius 1 is 1.29 bits per heavy atom. The van der Waals surface area contributed by atoms with Crippen LogP contribution >= 0.6 is 24.0 Å². The van der Waals surface area contributed by atoms with Crippen LogP contribution in [-0.4, -0.2) is 73.8 Å². The zero-order valence-corrected chi connectivity index (χ0v) is 18.2. The zero-order chi connectivity index (χ0) is 16.6. The van der Waals surface area contributed by atoms with Gasteiger partial charge in [0.05, 0.1) is 6.10 Å². The van der Waals surface area contributed by atoms with Gasteiger partial charge in [0.2, 0.25) is 0 Å². The van der Waals surface area contributed by atoms with Gasteiger partial charge in [-0.15, -0.1) is 24.0 Å². The molecule has 5 nitrogen and oxygen atoms in total. The second kappa shape index (κ2) is 8.08. The van der Waals surface area contributed by atoms with E-state index in [9.17, 15) is 0 Å². The molecule has 0 aromatic carbocycles. The van der Waals surface area contributed by atoms with Crippen LogP contribution in [0.25, 0.3) is 0 Å². The minimum atomic E-state index is 0. The molecule has 0 spiro atoms.